The molecule has 0 heterocycles. The van der Waals surface area contributed by atoms with Gasteiger partial charge in [-0.15, -0.1) is 0 Å². The Morgan fingerprint density at radius 2 is 1.76 bits per heavy atom. The summed E-state index contributed by atoms with van der Waals surface area (Å²) >= 11 is 3.53. The van der Waals surface area contributed by atoms with Crippen molar-refractivity contribution in [1.82, 2.24) is 5.32 Å². The molecule has 25 heavy (non-hydrogen) atoms. The highest BCUT2D eigenvalue weighted by molar-refractivity contribution is 9.10. The van der Waals surface area contributed by atoms with E-state index in [4.69, 9.17) is 14.2 Å². The first-order valence-corrected chi connectivity index (χ1v) is 8.80. The number of ether oxygens (including phenoxy) is 3. The van der Waals surface area contributed by atoms with E-state index >= 15 is 0 Å². The number of nitrogens with one attached hydrogen (secondary N) is 1. The highest BCUT2D eigenvalue weighted by Gasteiger charge is 2.13. The Morgan fingerprint density at radius 1 is 1.08 bits per heavy atom. The predicted molar refractivity (Wildman–Crippen MR) is 101 cm³/mol. The average Bonchev–Trinajstić information content (AvgIpc) is 2.63. The van der Waals surface area contributed by atoms with Gasteiger partial charge in [0.15, 0.2) is 11.5 Å². The van der Waals surface area contributed by atoms with Gasteiger partial charge in [-0.05, 0) is 43.2 Å². The number of methoxy groups -OCH3 is 2. The molecule has 2 aromatic carbocycles. The van der Waals surface area contributed by atoms with Crippen LogP contribution in [0.3, 0.4) is 0 Å². The fourth-order valence-corrected chi connectivity index (χ4v) is 2.95. The minimum atomic E-state index is -0.152. The minimum Gasteiger partial charge on any atom is -0.493 e. The fraction of sp³-hybridized carbons (Fsp3) is 0.316. The van der Waals surface area contributed by atoms with Gasteiger partial charge in [-0.3, -0.25) is 4.79 Å². The molecule has 2 rings (SSSR count). The van der Waals surface area contributed by atoms with Crippen LogP contribution in [0.1, 0.15) is 22.8 Å². The molecule has 0 bridgehead atoms. The molecule has 2 aromatic rings. The first-order chi connectivity index (χ1) is 12.1. The van der Waals surface area contributed by atoms with E-state index in [1.807, 2.05) is 31.2 Å². The van der Waals surface area contributed by atoms with Crippen molar-refractivity contribution in [1.29, 1.82) is 0 Å². The molecule has 0 aliphatic heterocycles. The maximum Gasteiger partial charge on any atom is 0.255 e. The lowest BCUT2D eigenvalue weighted by Crippen LogP contribution is -2.26. The second-order valence-electron chi connectivity index (χ2n) is 5.23. The number of hydrogen-bond donors (Lipinski definition) is 1. The number of hydrogen-bond acceptors (Lipinski definition) is 4. The molecule has 0 unspecified atom stereocenters. The lowest BCUT2D eigenvalue weighted by molar-refractivity contribution is 0.0950. The van der Waals surface area contributed by atoms with Gasteiger partial charge in [0, 0.05) is 11.0 Å². The quantitative estimate of drug-likeness (QED) is 0.721. The average molecular weight is 408 g/mol. The van der Waals surface area contributed by atoms with Gasteiger partial charge < -0.3 is 19.5 Å². The van der Waals surface area contributed by atoms with Gasteiger partial charge in [0.05, 0.1) is 26.4 Å². The Labute approximate surface area is 156 Å². The zero-order chi connectivity index (χ0) is 18.2. The molecule has 0 saturated heterocycles. The van der Waals surface area contributed by atoms with Crippen LogP contribution in [0.5, 0.6) is 17.2 Å². The van der Waals surface area contributed by atoms with Crippen LogP contribution in [0.25, 0.3) is 0 Å². The first kappa shape index (κ1) is 19.1. The highest BCUT2D eigenvalue weighted by atomic mass is 79.9. The summed E-state index contributed by atoms with van der Waals surface area (Å²) in [4.78, 5) is 12.4. The van der Waals surface area contributed by atoms with Crippen LogP contribution in [0.4, 0.5) is 0 Å². The lowest BCUT2D eigenvalue weighted by atomic mass is 10.1. The molecular weight excluding hydrogens is 386 g/mol. The third kappa shape index (κ3) is 4.89. The smallest absolute Gasteiger partial charge is 0.255 e. The standard InChI is InChI=1S/C19H22BrNO4/c1-4-25-16-8-6-5-7-14(16)19(22)21-10-9-13-11-17(23-2)18(24-3)12-15(13)20/h5-8,11-12H,4,9-10H2,1-3H3,(H,21,22). The third-order valence-corrected chi connectivity index (χ3v) is 4.40. The molecule has 0 aliphatic rings. The number of para-hydroxylation sites is 1. The molecule has 6 heteroatoms. The molecule has 0 saturated carbocycles. The molecule has 0 atom stereocenters. The van der Waals surface area contributed by atoms with Crippen molar-refractivity contribution in [3.8, 4) is 17.2 Å². The lowest BCUT2D eigenvalue weighted by Gasteiger charge is -2.13. The number of rotatable bonds is 8. The van der Waals surface area contributed by atoms with Crippen LogP contribution >= 0.6 is 15.9 Å². The van der Waals surface area contributed by atoms with Crippen LogP contribution in [0.15, 0.2) is 40.9 Å². The highest BCUT2D eigenvalue weighted by Crippen LogP contribution is 2.33. The summed E-state index contributed by atoms with van der Waals surface area (Å²) < 4.78 is 17.0. The number of carbonyl (C=O) groups excluding carboxylic acids is 1. The van der Waals surface area contributed by atoms with E-state index in [-0.39, 0.29) is 5.91 Å². The Balaban J connectivity index is 2.02. The van der Waals surface area contributed by atoms with E-state index in [1.165, 1.54) is 0 Å². The van der Waals surface area contributed by atoms with E-state index in [0.29, 0.717) is 42.4 Å². The summed E-state index contributed by atoms with van der Waals surface area (Å²) in [5, 5.41) is 2.93. The van der Waals surface area contributed by atoms with Gasteiger partial charge in [-0.1, -0.05) is 28.1 Å². The summed E-state index contributed by atoms with van der Waals surface area (Å²) in [5.74, 6) is 1.76. The molecule has 0 aliphatic carbocycles. The third-order valence-electron chi connectivity index (χ3n) is 3.66. The molecule has 0 aromatic heterocycles. The van der Waals surface area contributed by atoms with E-state index < -0.39 is 0 Å². The second-order valence-corrected chi connectivity index (χ2v) is 6.09. The molecule has 0 radical (unpaired) electrons. The van der Waals surface area contributed by atoms with Crippen molar-refractivity contribution in [3.05, 3.63) is 52.0 Å². The van der Waals surface area contributed by atoms with E-state index in [0.717, 1.165) is 10.0 Å². The van der Waals surface area contributed by atoms with E-state index in [9.17, 15) is 4.79 Å². The molecule has 1 amide bonds. The molecule has 5 nitrogen and oxygen atoms in total. The van der Waals surface area contributed by atoms with Crippen LogP contribution < -0.4 is 19.5 Å². The van der Waals surface area contributed by atoms with Gasteiger partial charge in [-0.25, -0.2) is 0 Å². The second kappa shape index (κ2) is 9.32. The van der Waals surface area contributed by atoms with Gasteiger partial charge in [0.25, 0.3) is 5.91 Å². The van der Waals surface area contributed by atoms with Crippen LogP contribution in [0.2, 0.25) is 0 Å². The summed E-state index contributed by atoms with van der Waals surface area (Å²) in [6.07, 6.45) is 0.656. The maximum absolute atomic E-state index is 12.4. The summed E-state index contributed by atoms with van der Waals surface area (Å²) in [6, 6.07) is 11.0. The molecule has 1 N–H and O–H groups in total. The Hall–Kier alpha value is -2.21. The maximum atomic E-state index is 12.4. The summed E-state index contributed by atoms with van der Waals surface area (Å²) in [5.41, 5.74) is 1.56. The zero-order valence-corrected chi connectivity index (χ0v) is 16.2. The SMILES string of the molecule is CCOc1ccccc1C(=O)NCCc1cc(OC)c(OC)cc1Br. The van der Waals surface area contributed by atoms with Crippen molar-refractivity contribution >= 4 is 21.8 Å². The summed E-state index contributed by atoms with van der Waals surface area (Å²) in [7, 11) is 3.20. The van der Waals surface area contributed by atoms with Crippen molar-refractivity contribution in [2.45, 2.75) is 13.3 Å². The van der Waals surface area contributed by atoms with Crippen molar-refractivity contribution in [3.63, 3.8) is 0 Å². The minimum absolute atomic E-state index is 0.152. The normalized spacial score (nSPS) is 10.2. The van der Waals surface area contributed by atoms with Crippen molar-refractivity contribution in [2.75, 3.05) is 27.4 Å². The zero-order valence-electron chi connectivity index (χ0n) is 14.6. The Kier molecular flexibility index (Phi) is 7.13. The van der Waals surface area contributed by atoms with Gasteiger partial charge >= 0.3 is 0 Å². The number of amides is 1. The van der Waals surface area contributed by atoms with Crippen molar-refractivity contribution in [2.24, 2.45) is 0 Å². The molecule has 0 fully saturated rings. The first-order valence-electron chi connectivity index (χ1n) is 8.01. The topological polar surface area (TPSA) is 56.8 Å². The van der Waals surface area contributed by atoms with E-state index in [2.05, 4.69) is 21.2 Å². The number of carbonyl (C=O) groups is 1. The Morgan fingerprint density at radius 3 is 2.44 bits per heavy atom. The number of benzene rings is 2. The van der Waals surface area contributed by atoms with Crippen LogP contribution in [-0.4, -0.2) is 33.3 Å². The van der Waals surface area contributed by atoms with Gasteiger partial charge in [0.1, 0.15) is 5.75 Å². The largest absolute Gasteiger partial charge is 0.493 e. The van der Waals surface area contributed by atoms with Gasteiger partial charge in [-0.2, -0.15) is 0 Å². The fourth-order valence-electron chi connectivity index (χ4n) is 2.43. The van der Waals surface area contributed by atoms with Gasteiger partial charge in [0.2, 0.25) is 0 Å². The molecular formula is C19H22BrNO4. The Bertz CT molecular complexity index is 733. The van der Waals surface area contributed by atoms with Crippen LogP contribution in [0, 0.1) is 0 Å². The van der Waals surface area contributed by atoms with E-state index in [1.54, 1.807) is 26.4 Å². The number of halogens is 1. The predicted octanol–water partition coefficient (Wildman–Crippen LogP) is 3.84. The molecule has 134 valence electrons. The molecule has 0 spiro atoms. The monoisotopic (exact) mass is 407 g/mol. The van der Waals surface area contributed by atoms with Crippen LogP contribution in [-0.2, 0) is 6.42 Å². The van der Waals surface area contributed by atoms with Crippen molar-refractivity contribution < 1.29 is 19.0 Å². The summed E-state index contributed by atoms with van der Waals surface area (Å²) in [6.45, 7) is 2.90.